The molecule has 0 spiro atoms. The molecule has 0 bridgehead atoms. The molecule has 0 aromatic heterocycles. The second kappa shape index (κ2) is 4.60. The Balaban J connectivity index is 2.23. The third-order valence-corrected chi connectivity index (χ3v) is 3.51. The zero-order valence-corrected chi connectivity index (χ0v) is 9.84. The van der Waals surface area contributed by atoms with Crippen LogP contribution in [0.4, 0.5) is 4.39 Å². The molecular weight excluding hydrogens is 261 g/mol. The summed E-state index contributed by atoms with van der Waals surface area (Å²) < 4.78 is 19.2. The summed E-state index contributed by atoms with van der Waals surface area (Å²) in [7, 11) is 0. The summed E-state index contributed by atoms with van der Waals surface area (Å²) >= 11 is 3.39. The first-order valence-corrected chi connectivity index (χ1v) is 5.76. The fourth-order valence-corrected chi connectivity index (χ4v) is 2.37. The number of hydrogen-bond acceptors (Lipinski definition) is 2. The lowest BCUT2D eigenvalue weighted by Gasteiger charge is -2.19. The van der Waals surface area contributed by atoms with Crippen molar-refractivity contribution in [1.29, 1.82) is 0 Å². The predicted octanol–water partition coefficient (Wildman–Crippen LogP) is 2.62. The highest BCUT2D eigenvalue weighted by atomic mass is 79.9. The van der Waals surface area contributed by atoms with Crippen LogP contribution in [-0.2, 0) is 4.74 Å². The van der Waals surface area contributed by atoms with Crippen molar-refractivity contribution in [3.8, 4) is 0 Å². The van der Waals surface area contributed by atoms with Crippen molar-refractivity contribution in [1.82, 2.24) is 0 Å². The number of halogens is 2. The van der Waals surface area contributed by atoms with E-state index in [-0.39, 0.29) is 11.9 Å². The zero-order valence-electron chi connectivity index (χ0n) is 8.25. The van der Waals surface area contributed by atoms with Crippen molar-refractivity contribution < 1.29 is 9.13 Å². The number of rotatable bonds is 2. The molecule has 1 aromatic carbocycles. The smallest absolute Gasteiger partial charge is 0.123 e. The molecule has 0 radical (unpaired) electrons. The van der Waals surface area contributed by atoms with E-state index in [0.29, 0.717) is 12.5 Å². The predicted molar refractivity (Wildman–Crippen MR) is 60.0 cm³/mol. The van der Waals surface area contributed by atoms with E-state index in [0.717, 1.165) is 23.1 Å². The average molecular weight is 274 g/mol. The SMILES string of the molecule is NC(c1cc(F)ccc1Br)C1CCOC1. The van der Waals surface area contributed by atoms with Gasteiger partial charge in [0.2, 0.25) is 0 Å². The normalized spacial score (nSPS) is 23.0. The lowest BCUT2D eigenvalue weighted by Crippen LogP contribution is -2.22. The van der Waals surface area contributed by atoms with Crippen LogP contribution in [0.15, 0.2) is 22.7 Å². The van der Waals surface area contributed by atoms with Crippen LogP contribution in [0.1, 0.15) is 18.0 Å². The Labute approximate surface area is 96.7 Å². The monoisotopic (exact) mass is 273 g/mol. The number of benzene rings is 1. The summed E-state index contributed by atoms with van der Waals surface area (Å²) in [6.07, 6.45) is 0.949. The van der Waals surface area contributed by atoms with Gasteiger partial charge in [0.05, 0.1) is 6.61 Å². The van der Waals surface area contributed by atoms with Gasteiger partial charge in [0.15, 0.2) is 0 Å². The fourth-order valence-electron chi connectivity index (χ4n) is 1.86. The molecule has 1 fully saturated rings. The van der Waals surface area contributed by atoms with Crippen LogP contribution in [0.2, 0.25) is 0 Å². The Morgan fingerprint density at radius 3 is 3.00 bits per heavy atom. The van der Waals surface area contributed by atoms with Crippen LogP contribution in [0.5, 0.6) is 0 Å². The molecule has 4 heteroatoms. The first-order chi connectivity index (χ1) is 7.18. The summed E-state index contributed by atoms with van der Waals surface area (Å²) in [5, 5.41) is 0. The molecule has 1 aliphatic heterocycles. The van der Waals surface area contributed by atoms with Crippen LogP contribution < -0.4 is 5.73 Å². The first-order valence-electron chi connectivity index (χ1n) is 4.97. The highest BCUT2D eigenvalue weighted by Crippen LogP contribution is 2.31. The molecule has 1 aromatic rings. The minimum Gasteiger partial charge on any atom is -0.381 e. The number of nitrogens with two attached hydrogens (primary N) is 1. The van der Waals surface area contributed by atoms with Crippen molar-refractivity contribution in [3.63, 3.8) is 0 Å². The Hall–Kier alpha value is -0.450. The van der Waals surface area contributed by atoms with Crippen LogP contribution in [0.25, 0.3) is 0 Å². The van der Waals surface area contributed by atoms with E-state index in [9.17, 15) is 4.39 Å². The topological polar surface area (TPSA) is 35.2 Å². The van der Waals surface area contributed by atoms with Crippen molar-refractivity contribution in [2.45, 2.75) is 12.5 Å². The van der Waals surface area contributed by atoms with Crippen molar-refractivity contribution in [3.05, 3.63) is 34.1 Å². The van der Waals surface area contributed by atoms with Crippen molar-refractivity contribution >= 4 is 15.9 Å². The van der Waals surface area contributed by atoms with Gasteiger partial charge in [-0.3, -0.25) is 0 Å². The number of hydrogen-bond donors (Lipinski definition) is 1. The van der Waals surface area contributed by atoms with Crippen LogP contribution in [-0.4, -0.2) is 13.2 Å². The van der Waals surface area contributed by atoms with Gasteiger partial charge in [-0.25, -0.2) is 4.39 Å². The Kier molecular flexibility index (Phi) is 3.38. The molecule has 1 saturated heterocycles. The Morgan fingerprint density at radius 1 is 1.53 bits per heavy atom. The molecule has 2 N–H and O–H groups in total. The average Bonchev–Trinajstić information content (AvgIpc) is 2.74. The van der Waals surface area contributed by atoms with E-state index in [1.807, 2.05) is 0 Å². The summed E-state index contributed by atoms with van der Waals surface area (Å²) in [5.41, 5.74) is 6.92. The van der Waals surface area contributed by atoms with Gasteiger partial charge >= 0.3 is 0 Å². The molecule has 1 aliphatic rings. The second-order valence-electron chi connectivity index (χ2n) is 3.82. The van der Waals surface area contributed by atoms with Crippen molar-refractivity contribution in [2.24, 2.45) is 11.7 Å². The van der Waals surface area contributed by atoms with E-state index in [1.165, 1.54) is 12.1 Å². The van der Waals surface area contributed by atoms with Gasteiger partial charge in [-0.1, -0.05) is 15.9 Å². The van der Waals surface area contributed by atoms with E-state index in [2.05, 4.69) is 15.9 Å². The Bertz CT molecular complexity index is 352. The van der Waals surface area contributed by atoms with Gasteiger partial charge < -0.3 is 10.5 Å². The minimum absolute atomic E-state index is 0.155. The molecule has 0 amide bonds. The maximum atomic E-state index is 13.1. The minimum atomic E-state index is -0.248. The van der Waals surface area contributed by atoms with E-state index in [1.54, 1.807) is 6.07 Å². The third kappa shape index (κ3) is 2.38. The lowest BCUT2D eigenvalue weighted by molar-refractivity contribution is 0.181. The summed E-state index contributed by atoms with van der Waals surface area (Å²) in [6, 6.07) is 4.45. The van der Waals surface area contributed by atoms with Gasteiger partial charge in [0.25, 0.3) is 0 Å². The molecule has 0 aliphatic carbocycles. The molecule has 2 unspecified atom stereocenters. The molecule has 2 nitrogen and oxygen atoms in total. The molecule has 2 atom stereocenters. The van der Waals surface area contributed by atoms with Gasteiger partial charge in [0, 0.05) is 23.0 Å². The molecule has 2 rings (SSSR count). The maximum Gasteiger partial charge on any atom is 0.123 e. The van der Waals surface area contributed by atoms with Crippen molar-refractivity contribution in [2.75, 3.05) is 13.2 Å². The molecule has 15 heavy (non-hydrogen) atoms. The standard InChI is InChI=1S/C11H13BrFNO/c12-10-2-1-8(13)5-9(10)11(14)7-3-4-15-6-7/h1-2,5,7,11H,3-4,6,14H2. The summed E-state index contributed by atoms with van der Waals surface area (Å²) in [4.78, 5) is 0. The summed E-state index contributed by atoms with van der Waals surface area (Å²) in [6.45, 7) is 1.43. The van der Waals surface area contributed by atoms with Crippen LogP contribution in [0.3, 0.4) is 0 Å². The highest BCUT2D eigenvalue weighted by molar-refractivity contribution is 9.10. The molecular formula is C11H13BrFNO. The van der Waals surface area contributed by atoms with Gasteiger partial charge in [-0.15, -0.1) is 0 Å². The van der Waals surface area contributed by atoms with Crippen LogP contribution >= 0.6 is 15.9 Å². The van der Waals surface area contributed by atoms with Crippen LogP contribution in [0, 0.1) is 11.7 Å². The quantitative estimate of drug-likeness (QED) is 0.899. The van der Waals surface area contributed by atoms with Gasteiger partial charge in [0.1, 0.15) is 5.82 Å². The highest BCUT2D eigenvalue weighted by Gasteiger charge is 2.25. The third-order valence-electron chi connectivity index (χ3n) is 2.79. The largest absolute Gasteiger partial charge is 0.381 e. The maximum absolute atomic E-state index is 13.1. The first kappa shape index (κ1) is 11.0. The fraction of sp³-hybridized carbons (Fsp3) is 0.455. The molecule has 0 saturated carbocycles. The molecule has 1 heterocycles. The molecule has 82 valence electrons. The zero-order chi connectivity index (χ0) is 10.8. The van der Waals surface area contributed by atoms with E-state index < -0.39 is 0 Å². The van der Waals surface area contributed by atoms with E-state index in [4.69, 9.17) is 10.5 Å². The lowest BCUT2D eigenvalue weighted by atomic mass is 9.93. The summed E-state index contributed by atoms with van der Waals surface area (Å²) in [5.74, 6) is 0.0469. The van der Waals surface area contributed by atoms with E-state index >= 15 is 0 Å². The van der Waals surface area contributed by atoms with Gasteiger partial charge in [-0.2, -0.15) is 0 Å². The second-order valence-corrected chi connectivity index (χ2v) is 4.67. The van der Waals surface area contributed by atoms with Gasteiger partial charge in [-0.05, 0) is 30.2 Å². The Morgan fingerprint density at radius 2 is 2.33 bits per heavy atom. The number of ether oxygens (including phenoxy) is 1.